The first-order valence-corrected chi connectivity index (χ1v) is 15.9. The summed E-state index contributed by atoms with van der Waals surface area (Å²) in [5.41, 5.74) is 7.96. The fourth-order valence-corrected chi connectivity index (χ4v) is 5.58. The summed E-state index contributed by atoms with van der Waals surface area (Å²) in [6, 6.07) is 8.44. The molecule has 1 saturated carbocycles. The number of aliphatic hydroxyl groups is 1. The number of carbonyl (C=O) groups is 1. The molecule has 1 aromatic heterocycles. The molecular weight excluding hydrogens is 610 g/mol. The highest BCUT2D eigenvalue weighted by atomic mass is 32.2. The molecule has 13 heteroatoms. The Morgan fingerprint density at radius 3 is 2.66 bits per heavy atom. The fraction of sp³-hybridized carbons (Fsp3) is 0.323. The highest BCUT2D eigenvalue weighted by molar-refractivity contribution is 7.82. The Kier molecular flexibility index (Phi) is 9.67. The third kappa shape index (κ3) is 7.64. The molecule has 44 heavy (non-hydrogen) atoms. The zero-order valence-electron chi connectivity index (χ0n) is 23.8. The van der Waals surface area contributed by atoms with Gasteiger partial charge < -0.3 is 20.3 Å². The standard InChI is InChI=1S/C31H30F2N4O5S2/c1-2-42-29(38)26-15-43-30(37-26)36-25(13-18-3-4-18)22(11-19-5-8-27(44(35)40)24(33)12-19)28(34)21-6-7-23(32)20(14-21)9-10-31(39)16-41-17-31/h5-8,12,14-15,18,39H,2-4,11,13,16-17,34-35H2,1H3/b28-22-,36-25+. The van der Waals surface area contributed by atoms with Crippen molar-refractivity contribution in [2.75, 3.05) is 19.8 Å². The molecule has 0 spiro atoms. The summed E-state index contributed by atoms with van der Waals surface area (Å²) in [6.45, 7) is 1.98. The van der Waals surface area contributed by atoms with Crippen molar-refractivity contribution in [1.82, 2.24) is 4.98 Å². The summed E-state index contributed by atoms with van der Waals surface area (Å²) in [5, 5.41) is 17.6. The molecule has 5 N–H and O–H groups in total. The Bertz CT molecular complexity index is 1740. The van der Waals surface area contributed by atoms with Gasteiger partial charge in [0.15, 0.2) is 11.3 Å². The number of halogens is 2. The normalized spacial score (nSPS) is 17.2. The van der Waals surface area contributed by atoms with Crippen molar-refractivity contribution in [1.29, 1.82) is 0 Å². The van der Waals surface area contributed by atoms with E-state index in [1.807, 2.05) is 0 Å². The fourth-order valence-electron chi connectivity index (χ4n) is 4.45. The Labute approximate surface area is 259 Å². The molecular formula is C31H30F2N4O5S2. The van der Waals surface area contributed by atoms with E-state index < -0.39 is 34.2 Å². The monoisotopic (exact) mass is 640 g/mol. The number of thiazole rings is 1. The Morgan fingerprint density at radius 2 is 2.02 bits per heavy atom. The first-order valence-electron chi connectivity index (χ1n) is 13.8. The minimum absolute atomic E-state index is 0.0330. The number of hydrogen-bond acceptors (Lipinski definition) is 9. The second-order valence-electron chi connectivity index (χ2n) is 10.5. The van der Waals surface area contributed by atoms with Gasteiger partial charge in [-0.1, -0.05) is 17.9 Å². The van der Waals surface area contributed by atoms with E-state index in [2.05, 4.69) is 16.8 Å². The van der Waals surface area contributed by atoms with Crippen LogP contribution in [0.3, 0.4) is 0 Å². The molecule has 230 valence electrons. The molecule has 1 unspecified atom stereocenters. The van der Waals surface area contributed by atoms with Gasteiger partial charge in [-0.2, -0.15) is 0 Å². The van der Waals surface area contributed by atoms with Gasteiger partial charge in [0.05, 0.1) is 30.3 Å². The van der Waals surface area contributed by atoms with E-state index in [0.717, 1.165) is 12.8 Å². The molecule has 2 aromatic carbocycles. The Balaban J connectivity index is 1.61. The number of carbonyl (C=O) groups excluding carboxylic acids is 1. The maximum atomic E-state index is 14.8. The van der Waals surface area contributed by atoms with E-state index in [0.29, 0.717) is 39.9 Å². The summed E-state index contributed by atoms with van der Waals surface area (Å²) in [4.78, 5) is 21.2. The predicted molar refractivity (Wildman–Crippen MR) is 163 cm³/mol. The van der Waals surface area contributed by atoms with Crippen LogP contribution in [0.15, 0.2) is 57.2 Å². The van der Waals surface area contributed by atoms with E-state index in [-0.39, 0.29) is 48.1 Å². The molecule has 5 rings (SSSR count). The molecule has 0 amide bonds. The molecule has 2 fully saturated rings. The van der Waals surface area contributed by atoms with Crippen molar-refractivity contribution >= 4 is 44.8 Å². The summed E-state index contributed by atoms with van der Waals surface area (Å²) >= 11 is 1.17. The van der Waals surface area contributed by atoms with Crippen LogP contribution in [0.25, 0.3) is 5.70 Å². The third-order valence-corrected chi connectivity index (χ3v) is 8.54. The van der Waals surface area contributed by atoms with Crippen LogP contribution in [0.5, 0.6) is 0 Å². The third-order valence-electron chi connectivity index (χ3n) is 7.04. The van der Waals surface area contributed by atoms with Crippen LogP contribution in [0, 0.1) is 29.4 Å². The zero-order chi connectivity index (χ0) is 31.4. The highest BCUT2D eigenvalue weighted by Gasteiger charge is 2.34. The lowest BCUT2D eigenvalue weighted by atomic mass is 9.92. The SMILES string of the molecule is CCOC(=O)c1csc(/N=C(CC2CC2)/C(Cc2ccc(S(N)=O)c(F)c2)=C(\N)c2ccc(F)c(C#CC3(O)COC3)c2)n1. The minimum Gasteiger partial charge on any atom is -0.461 e. The van der Waals surface area contributed by atoms with Crippen molar-refractivity contribution in [3.8, 4) is 11.8 Å². The highest BCUT2D eigenvalue weighted by Crippen LogP contribution is 2.36. The first-order chi connectivity index (χ1) is 21.0. The zero-order valence-corrected chi connectivity index (χ0v) is 25.4. The summed E-state index contributed by atoms with van der Waals surface area (Å²) in [6.07, 6.45) is 2.65. The number of ether oxygens (including phenoxy) is 2. The van der Waals surface area contributed by atoms with E-state index in [1.54, 1.807) is 18.4 Å². The van der Waals surface area contributed by atoms with Gasteiger partial charge in [-0.3, -0.25) is 0 Å². The molecule has 2 aliphatic rings. The summed E-state index contributed by atoms with van der Waals surface area (Å²) < 4.78 is 51.3. The van der Waals surface area contributed by atoms with Crippen molar-refractivity contribution in [3.05, 3.63) is 81.4 Å². The van der Waals surface area contributed by atoms with E-state index in [9.17, 15) is 22.9 Å². The number of benzene rings is 2. The van der Waals surface area contributed by atoms with Crippen LogP contribution in [0.1, 0.15) is 53.4 Å². The number of esters is 1. The number of nitrogens with two attached hydrogens (primary N) is 2. The molecule has 0 radical (unpaired) electrons. The van der Waals surface area contributed by atoms with Gasteiger partial charge in [-0.05, 0) is 73.6 Å². The van der Waals surface area contributed by atoms with Gasteiger partial charge >= 0.3 is 5.97 Å². The molecule has 1 aliphatic heterocycles. The number of allylic oxidation sites excluding steroid dienone is 1. The van der Waals surface area contributed by atoms with Crippen LogP contribution in [0.4, 0.5) is 13.9 Å². The van der Waals surface area contributed by atoms with Crippen molar-refractivity contribution in [2.24, 2.45) is 21.8 Å². The average molecular weight is 641 g/mol. The summed E-state index contributed by atoms with van der Waals surface area (Å²) in [7, 11) is -2.00. The van der Waals surface area contributed by atoms with E-state index in [4.69, 9.17) is 25.3 Å². The molecule has 1 atom stereocenters. The van der Waals surface area contributed by atoms with Gasteiger partial charge in [0.25, 0.3) is 0 Å². The number of hydrogen-bond donors (Lipinski definition) is 3. The van der Waals surface area contributed by atoms with Gasteiger partial charge in [0.1, 0.15) is 22.6 Å². The molecule has 1 aliphatic carbocycles. The second kappa shape index (κ2) is 13.5. The molecule has 0 bridgehead atoms. The largest absolute Gasteiger partial charge is 0.461 e. The van der Waals surface area contributed by atoms with Gasteiger partial charge in [0.2, 0.25) is 5.13 Å². The average Bonchev–Trinajstić information content (AvgIpc) is 3.67. The minimum atomic E-state index is -2.00. The molecule has 9 nitrogen and oxygen atoms in total. The van der Waals surface area contributed by atoms with Gasteiger partial charge in [-0.15, -0.1) is 11.3 Å². The Hall–Kier alpha value is -3.80. The van der Waals surface area contributed by atoms with E-state index in [1.165, 1.54) is 41.7 Å². The second-order valence-corrected chi connectivity index (χ2v) is 12.4. The topological polar surface area (TPSA) is 150 Å². The number of rotatable bonds is 10. The quantitative estimate of drug-likeness (QED) is 0.171. The lowest BCUT2D eigenvalue weighted by molar-refractivity contribution is -0.140. The summed E-state index contributed by atoms with van der Waals surface area (Å²) in [5.74, 6) is 3.82. The lowest BCUT2D eigenvalue weighted by Crippen LogP contribution is -2.48. The number of aliphatic imine (C=N–C) groups is 1. The van der Waals surface area contributed by atoms with Crippen LogP contribution in [0.2, 0.25) is 0 Å². The van der Waals surface area contributed by atoms with Crippen LogP contribution in [-0.4, -0.2) is 51.4 Å². The van der Waals surface area contributed by atoms with Crippen LogP contribution >= 0.6 is 11.3 Å². The molecule has 2 heterocycles. The first kappa shape index (κ1) is 31.6. The maximum absolute atomic E-state index is 14.8. The number of aromatic nitrogens is 1. The Morgan fingerprint density at radius 1 is 1.25 bits per heavy atom. The van der Waals surface area contributed by atoms with Crippen LogP contribution < -0.4 is 10.9 Å². The van der Waals surface area contributed by atoms with Crippen LogP contribution in [-0.2, 0) is 26.9 Å². The van der Waals surface area contributed by atoms with E-state index >= 15 is 0 Å². The number of nitrogens with zero attached hydrogens (tertiary/aromatic N) is 2. The van der Waals surface area contributed by atoms with Crippen molar-refractivity contribution in [2.45, 2.75) is 43.1 Å². The lowest BCUT2D eigenvalue weighted by Gasteiger charge is -2.30. The molecule has 1 saturated heterocycles. The maximum Gasteiger partial charge on any atom is 0.357 e. The van der Waals surface area contributed by atoms with Gasteiger partial charge in [-0.25, -0.2) is 32.9 Å². The predicted octanol–water partition coefficient (Wildman–Crippen LogP) is 4.18. The van der Waals surface area contributed by atoms with Crippen molar-refractivity contribution in [3.63, 3.8) is 0 Å². The smallest absolute Gasteiger partial charge is 0.357 e. The molecule has 3 aromatic rings. The van der Waals surface area contributed by atoms with Gasteiger partial charge in [0, 0.05) is 28.8 Å². The van der Waals surface area contributed by atoms with Crippen molar-refractivity contribution < 1.29 is 32.4 Å².